The third kappa shape index (κ3) is 1.48. The van der Waals surface area contributed by atoms with Gasteiger partial charge in [0.05, 0.1) is 12.7 Å². The monoisotopic (exact) mass is 145 g/mol. The summed E-state index contributed by atoms with van der Waals surface area (Å²) in [6, 6.07) is 0. The van der Waals surface area contributed by atoms with E-state index in [1.54, 1.807) is 7.11 Å². The molecule has 0 aliphatic carbocycles. The van der Waals surface area contributed by atoms with Gasteiger partial charge in [-0.25, -0.2) is 0 Å². The molecule has 0 aromatic carbocycles. The molecule has 0 radical (unpaired) electrons. The van der Waals surface area contributed by atoms with E-state index in [9.17, 15) is 0 Å². The maximum Gasteiger partial charge on any atom is 0.0714 e. The Hall–Kier alpha value is -0.120. The Morgan fingerprint density at radius 3 is 2.80 bits per heavy atom. The van der Waals surface area contributed by atoms with Crippen molar-refractivity contribution in [2.75, 3.05) is 20.3 Å². The molecule has 1 saturated heterocycles. The van der Waals surface area contributed by atoms with Crippen molar-refractivity contribution in [2.45, 2.75) is 25.0 Å². The minimum Gasteiger partial charge on any atom is -0.394 e. The Labute approximate surface area is 61.4 Å². The fraction of sp³-hybridized carbons (Fsp3) is 1.00. The molecule has 1 aliphatic rings. The van der Waals surface area contributed by atoms with E-state index in [0.717, 1.165) is 13.0 Å². The highest BCUT2D eigenvalue weighted by Gasteiger charge is 2.33. The van der Waals surface area contributed by atoms with E-state index in [2.05, 4.69) is 5.32 Å². The van der Waals surface area contributed by atoms with E-state index in [0.29, 0.717) is 0 Å². The van der Waals surface area contributed by atoms with E-state index < -0.39 is 0 Å². The Bertz CT molecular complexity index is 118. The predicted octanol–water partition coefficient (Wildman–Crippen LogP) is -0.254. The highest BCUT2D eigenvalue weighted by atomic mass is 16.5. The van der Waals surface area contributed by atoms with E-state index in [-0.39, 0.29) is 18.2 Å². The van der Waals surface area contributed by atoms with Gasteiger partial charge < -0.3 is 15.2 Å². The normalized spacial score (nSPS) is 40.5. The number of ether oxygens (including phenoxy) is 1. The summed E-state index contributed by atoms with van der Waals surface area (Å²) in [5.74, 6) is 0. The minimum absolute atomic E-state index is 0.110. The molecule has 2 N–H and O–H groups in total. The van der Waals surface area contributed by atoms with Gasteiger partial charge in [0.25, 0.3) is 0 Å². The molecule has 1 rings (SSSR count). The molecule has 1 fully saturated rings. The summed E-state index contributed by atoms with van der Waals surface area (Å²) in [6.07, 6.45) is 1.18. The lowest BCUT2D eigenvalue weighted by atomic mass is 10.0. The van der Waals surface area contributed by atoms with Crippen molar-refractivity contribution in [3.63, 3.8) is 0 Å². The first kappa shape index (κ1) is 7.98. The first-order chi connectivity index (χ1) is 4.70. The number of rotatable bonds is 2. The number of hydrogen-bond donors (Lipinski definition) is 2. The summed E-state index contributed by atoms with van der Waals surface area (Å²) in [5.41, 5.74) is -0.110. The topological polar surface area (TPSA) is 41.5 Å². The van der Waals surface area contributed by atoms with Crippen molar-refractivity contribution >= 4 is 0 Å². The Kier molecular flexibility index (Phi) is 2.28. The average Bonchev–Trinajstić information content (AvgIpc) is 2.33. The second-order valence-electron chi connectivity index (χ2n) is 3.16. The molecule has 3 nitrogen and oxygen atoms in total. The van der Waals surface area contributed by atoms with Gasteiger partial charge in [-0.05, 0) is 13.3 Å². The van der Waals surface area contributed by atoms with Gasteiger partial charge in [-0.3, -0.25) is 0 Å². The van der Waals surface area contributed by atoms with Crippen LogP contribution in [-0.2, 0) is 4.74 Å². The first-order valence-corrected chi connectivity index (χ1v) is 3.59. The number of nitrogens with one attached hydrogen (secondary N) is 1. The largest absolute Gasteiger partial charge is 0.394 e. The van der Waals surface area contributed by atoms with E-state index in [1.165, 1.54) is 0 Å². The average molecular weight is 145 g/mol. The fourth-order valence-corrected chi connectivity index (χ4v) is 1.29. The van der Waals surface area contributed by atoms with Crippen LogP contribution in [0.15, 0.2) is 0 Å². The molecule has 1 heterocycles. The molecule has 2 atom stereocenters. The third-order valence-electron chi connectivity index (χ3n) is 2.12. The van der Waals surface area contributed by atoms with Crippen molar-refractivity contribution in [3.05, 3.63) is 0 Å². The molecular formula is C7H15NO2. The van der Waals surface area contributed by atoms with Crippen molar-refractivity contribution in [3.8, 4) is 0 Å². The lowest BCUT2D eigenvalue weighted by molar-refractivity contribution is 0.105. The van der Waals surface area contributed by atoms with E-state index >= 15 is 0 Å². The van der Waals surface area contributed by atoms with E-state index in [1.807, 2.05) is 6.92 Å². The van der Waals surface area contributed by atoms with Gasteiger partial charge in [-0.15, -0.1) is 0 Å². The second-order valence-corrected chi connectivity index (χ2v) is 3.16. The number of aliphatic hydroxyl groups excluding tert-OH is 1. The Balaban J connectivity index is 2.41. The zero-order chi connectivity index (χ0) is 7.61. The first-order valence-electron chi connectivity index (χ1n) is 3.59. The second kappa shape index (κ2) is 2.86. The highest BCUT2D eigenvalue weighted by Crippen LogP contribution is 2.19. The van der Waals surface area contributed by atoms with Crippen LogP contribution < -0.4 is 5.32 Å². The van der Waals surface area contributed by atoms with Crippen molar-refractivity contribution in [1.82, 2.24) is 5.32 Å². The van der Waals surface area contributed by atoms with Crippen molar-refractivity contribution in [2.24, 2.45) is 0 Å². The van der Waals surface area contributed by atoms with Crippen LogP contribution in [0.4, 0.5) is 0 Å². The molecular weight excluding hydrogens is 130 g/mol. The number of methoxy groups -OCH3 is 1. The summed E-state index contributed by atoms with van der Waals surface area (Å²) in [6.45, 7) is 3.05. The zero-order valence-corrected chi connectivity index (χ0v) is 6.55. The summed E-state index contributed by atoms with van der Waals surface area (Å²) >= 11 is 0. The van der Waals surface area contributed by atoms with Crippen LogP contribution in [-0.4, -0.2) is 37.0 Å². The van der Waals surface area contributed by atoms with Crippen LogP contribution in [0, 0.1) is 0 Å². The summed E-state index contributed by atoms with van der Waals surface area (Å²) < 4.78 is 5.13. The molecule has 10 heavy (non-hydrogen) atoms. The smallest absolute Gasteiger partial charge is 0.0714 e. The Morgan fingerprint density at radius 1 is 1.80 bits per heavy atom. The third-order valence-corrected chi connectivity index (χ3v) is 2.12. The molecule has 0 bridgehead atoms. The molecule has 0 unspecified atom stereocenters. The van der Waals surface area contributed by atoms with Crippen LogP contribution in [0.2, 0.25) is 0 Å². The lowest BCUT2D eigenvalue weighted by Gasteiger charge is -2.20. The van der Waals surface area contributed by atoms with Crippen LogP contribution >= 0.6 is 0 Å². The minimum atomic E-state index is -0.110. The van der Waals surface area contributed by atoms with Gasteiger partial charge in [-0.1, -0.05) is 0 Å². The van der Waals surface area contributed by atoms with Gasteiger partial charge in [-0.2, -0.15) is 0 Å². The maximum atomic E-state index is 8.92. The molecule has 0 amide bonds. The predicted molar refractivity (Wildman–Crippen MR) is 38.9 cm³/mol. The van der Waals surface area contributed by atoms with Gasteiger partial charge in [0.2, 0.25) is 0 Å². The van der Waals surface area contributed by atoms with Gasteiger partial charge >= 0.3 is 0 Å². The highest BCUT2D eigenvalue weighted by molar-refractivity contribution is 4.93. The standard InChI is InChI=1S/C7H15NO2/c1-7(5-9)3-6(10-2)4-8-7/h6,8-9H,3-5H2,1-2H3/t6-,7+/m0/s1. The van der Waals surface area contributed by atoms with Crippen LogP contribution in [0.1, 0.15) is 13.3 Å². The zero-order valence-electron chi connectivity index (χ0n) is 6.55. The fourth-order valence-electron chi connectivity index (χ4n) is 1.29. The molecule has 0 spiro atoms. The summed E-state index contributed by atoms with van der Waals surface area (Å²) in [7, 11) is 1.70. The lowest BCUT2D eigenvalue weighted by Crippen LogP contribution is -2.39. The van der Waals surface area contributed by atoms with Crippen molar-refractivity contribution in [1.29, 1.82) is 0 Å². The molecule has 1 aliphatic heterocycles. The van der Waals surface area contributed by atoms with Crippen molar-refractivity contribution < 1.29 is 9.84 Å². The van der Waals surface area contributed by atoms with E-state index in [4.69, 9.17) is 9.84 Å². The van der Waals surface area contributed by atoms with Gasteiger partial charge in [0.1, 0.15) is 0 Å². The maximum absolute atomic E-state index is 8.92. The summed E-state index contributed by atoms with van der Waals surface area (Å²) in [4.78, 5) is 0. The number of aliphatic hydroxyl groups is 1. The van der Waals surface area contributed by atoms with Gasteiger partial charge in [0, 0.05) is 19.2 Å². The Morgan fingerprint density at radius 2 is 2.50 bits per heavy atom. The molecule has 0 saturated carbocycles. The van der Waals surface area contributed by atoms with Crippen LogP contribution in [0.25, 0.3) is 0 Å². The quantitative estimate of drug-likeness (QED) is 0.563. The molecule has 0 aromatic rings. The number of hydrogen-bond acceptors (Lipinski definition) is 3. The van der Waals surface area contributed by atoms with Crippen LogP contribution in [0.3, 0.4) is 0 Å². The SMILES string of the molecule is CO[C@@H]1CN[C@@](C)(CO)C1. The van der Waals surface area contributed by atoms with Gasteiger partial charge in [0.15, 0.2) is 0 Å². The molecule has 0 aromatic heterocycles. The molecule has 3 heteroatoms. The van der Waals surface area contributed by atoms with Crippen LogP contribution in [0.5, 0.6) is 0 Å². The molecule has 60 valence electrons. The summed E-state index contributed by atoms with van der Waals surface area (Å²) in [5, 5.41) is 12.1.